The van der Waals surface area contributed by atoms with Crippen molar-refractivity contribution >= 4 is 39.3 Å². The minimum absolute atomic E-state index is 0.491. The van der Waals surface area contributed by atoms with Crippen molar-refractivity contribution in [2.75, 3.05) is 7.11 Å². The van der Waals surface area contributed by atoms with Gasteiger partial charge in [0.25, 0.3) is 0 Å². The van der Waals surface area contributed by atoms with Crippen LogP contribution >= 0.6 is 27.3 Å². The number of nitrogens with zero attached hydrogens (tertiary/aromatic N) is 1. The number of carbonyl (C=O) groups excluding carboxylic acids is 2. The van der Waals surface area contributed by atoms with Gasteiger partial charge in [-0.1, -0.05) is 0 Å². The van der Waals surface area contributed by atoms with E-state index in [0.29, 0.717) is 0 Å². The van der Waals surface area contributed by atoms with E-state index in [4.69, 9.17) is 9.47 Å². The zero-order chi connectivity index (χ0) is 16.5. The molecule has 1 N–H and O–H groups in total. The van der Waals surface area contributed by atoms with Gasteiger partial charge < -0.3 is 14.8 Å². The quantitative estimate of drug-likeness (QED) is 0.799. The molecule has 6 nitrogen and oxygen atoms in total. The summed E-state index contributed by atoms with van der Waals surface area (Å²) in [5.74, 6) is -0.491. The maximum Gasteiger partial charge on any atom is 0.408 e. The molecule has 1 aromatic heterocycles. The second-order valence-corrected chi connectivity index (χ2v) is 7.90. The van der Waals surface area contributed by atoms with Gasteiger partial charge in [-0.05, 0) is 49.5 Å². The molecule has 1 aliphatic rings. The third-order valence-corrected chi connectivity index (χ3v) is 5.11. The number of carbonyl (C=O) groups is 2. The van der Waals surface area contributed by atoms with Crippen LogP contribution in [0.15, 0.2) is 9.98 Å². The predicted octanol–water partition coefficient (Wildman–Crippen LogP) is 3.00. The zero-order valence-electron chi connectivity index (χ0n) is 12.9. The number of hydrogen-bond acceptors (Lipinski definition) is 6. The zero-order valence-corrected chi connectivity index (χ0v) is 15.3. The Bertz CT molecular complexity index is 578. The van der Waals surface area contributed by atoms with Crippen molar-refractivity contribution in [2.24, 2.45) is 0 Å². The molecule has 0 spiro atoms. The molecule has 1 aromatic rings. The molecular formula is C14H19BrN2O4S. The van der Waals surface area contributed by atoms with Crippen molar-refractivity contribution in [3.05, 3.63) is 15.0 Å². The second-order valence-electron chi connectivity index (χ2n) is 6.23. The van der Waals surface area contributed by atoms with Crippen molar-refractivity contribution < 1.29 is 19.1 Å². The lowest BCUT2D eigenvalue weighted by Gasteiger charge is -2.26. The van der Waals surface area contributed by atoms with Gasteiger partial charge in [0.15, 0.2) is 0 Å². The first-order chi connectivity index (χ1) is 10.2. The summed E-state index contributed by atoms with van der Waals surface area (Å²) in [5.41, 5.74) is -1.13. The molecule has 0 bridgehead atoms. The van der Waals surface area contributed by atoms with Gasteiger partial charge in [-0.2, -0.15) is 0 Å². The maximum absolute atomic E-state index is 12.2. The Hall–Kier alpha value is -1.15. The minimum Gasteiger partial charge on any atom is -0.467 e. The van der Waals surface area contributed by atoms with Gasteiger partial charge in [-0.25, -0.2) is 14.6 Å². The van der Waals surface area contributed by atoms with Crippen LogP contribution in [0.1, 0.15) is 38.6 Å². The second kappa shape index (κ2) is 6.16. The molecule has 122 valence electrons. The third-order valence-electron chi connectivity index (χ3n) is 3.34. The summed E-state index contributed by atoms with van der Waals surface area (Å²) in [6.07, 6.45) is 0.898. The average molecular weight is 391 g/mol. The topological polar surface area (TPSA) is 77.5 Å². The normalized spacial score (nSPS) is 17.5. The minimum atomic E-state index is -0.801. The van der Waals surface area contributed by atoms with Crippen LogP contribution in [0.2, 0.25) is 0 Å². The maximum atomic E-state index is 12.2. The van der Waals surface area contributed by atoms with Crippen LogP contribution in [-0.4, -0.2) is 35.8 Å². The summed E-state index contributed by atoms with van der Waals surface area (Å²) in [6, 6.07) is -0.801. The van der Waals surface area contributed by atoms with E-state index in [-0.39, 0.29) is 0 Å². The van der Waals surface area contributed by atoms with E-state index in [1.807, 2.05) is 5.38 Å². The molecule has 1 heterocycles. The standard InChI is InChI=1S/C14H19BrN2O4S/c1-13(2,3)21-12(19)17-9(10(18)20-4)14(5-6-14)11-16-8(15)7-22-11/h7,9H,5-6H2,1-4H3,(H,17,19)/t9-/m1/s1. The fourth-order valence-corrected chi connectivity index (χ4v) is 3.75. The van der Waals surface area contributed by atoms with Crippen LogP contribution in [0.4, 0.5) is 4.79 Å². The van der Waals surface area contributed by atoms with E-state index < -0.39 is 29.1 Å². The first kappa shape index (κ1) is 17.2. The van der Waals surface area contributed by atoms with Crippen molar-refractivity contribution in [3.8, 4) is 0 Å². The Morgan fingerprint density at radius 1 is 1.45 bits per heavy atom. The summed E-state index contributed by atoms with van der Waals surface area (Å²) >= 11 is 4.77. The van der Waals surface area contributed by atoms with E-state index in [2.05, 4.69) is 26.2 Å². The number of thiazole rings is 1. The number of aromatic nitrogens is 1. The number of hydrogen-bond donors (Lipinski definition) is 1. The average Bonchev–Trinajstić information content (AvgIpc) is 3.09. The molecular weight excluding hydrogens is 372 g/mol. The van der Waals surface area contributed by atoms with Crippen LogP contribution < -0.4 is 5.32 Å². The molecule has 1 atom stereocenters. The van der Waals surface area contributed by atoms with Crippen molar-refractivity contribution in [3.63, 3.8) is 0 Å². The Morgan fingerprint density at radius 3 is 2.50 bits per heavy atom. The first-order valence-electron chi connectivity index (χ1n) is 6.87. The summed E-state index contributed by atoms with van der Waals surface area (Å²) < 4.78 is 10.8. The molecule has 0 radical (unpaired) electrons. The Balaban J connectivity index is 2.20. The number of amides is 1. The summed E-state index contributed by atoms with van der Waals surface area (Å²) in [4.78, 5) is 28.6. The van der Waals surface area contributed by atoms with Crippen LogP contribution in [0.3, 0.4) is 0 Å². The van der Waals surface area contributed by atoms with E-state index in [9.17, 15) is 9.59 Å². The van der Waals surface area contributed by atoms with Gasteiger partial charge >= 0.3 is 12.1 Å². The summed E-state index contributed by atoms with van der Waals surface area (Å²) in [7, 11) is 1.31. The van der Waals surface area contributed by atoms with E-state index in [1.165, 1.54) is 18.4 Å². The number of methoxy groups -OCH3 is 1. The van der Waals surface area contributed by atoms with Gasteiger partial charge in [0, 0.05) is 5.38 Å². The number of ether oxygens (including phenoxy) is 2. The highest BCUT2D eigenvalue weighted by atomic mass is 79.9. The number of halogens is 1. The Labute approximate surface area is 141 Å². The molecule has 1 saturated carbocycles. The molecule has 0 aromatic carbocycles. The lowest BCUT2D eigenvalue weighted by molar-refractivity contribution is -0.144. The van der Waals surface area contributed by atoms with Crippen LogP contribution in [0, 0.1) is 0 Å². The number of rotatable bonds is 4. The van der Waals surface area contributed by atoms with Crippen molar-refractivity contribution in [2.45, 2.75) is 50.7 Å². The fourth-order valence-electron chi connectivity index (χ4n) is 2.21. The number of esters is 1. The largest absolute Gasteiger partial charge is 0.467 e. The smallest absolute Gasteiger partial charge is 0.408 e. The molecule has 2 rings (SSSR count). The highest BCUT2D eigenvalue weighted by Crippen LogP contribution is 2.52. The van der Waals surface area contributed by atoms with E-state index >= 15 is 0 Å². The van der Waals surface area contributed by atoms with Gasteiger partial charge in [0.1, 0.15) is 21.3 Å². The molecule has 1 amide bonds. The van der Waals surface area contributed by atoms with Gasteiger partial charge in [-0.3, -0.25) is 0 Å². The first-order valence-corrected chi connectivity index (χ1v) is 8.54. The van der Waals surface area contributed by atoms with Crippen LogP contribution in [0.5, 0.6) is 0 Å². The monoisotopic (exact) mass is 390 g/mol. The van der Waals surface area contributed by atoms with Crippen LogP contribution in [0.25, 0.3) is 0 Å². The predicted molar refractivity (Wildman–Crippen MR) is 85.9 cm³/mol. The van der Waals surface area contributed by atoms with Crippen molar-refractivity contribution in [1.82, 2.24) is 10.3 Å². The number of nitrogens with one attached hydrogen (secondary N) is 1. The van der Waals surface area contributed by atoms with Gasteiger partial charge in [-0.15, -0.1) is 11.3 Å². The number of alkyl carbamates (subject to hydrolysis) is 1. The van der Waals surface area contributed by atoms with Gasteiger partial charge in [0.2, 0.25) is 0 Å². The van der Waals surface area contributed by atoms with Gasteiger partial charge in [0.05, 0.1) is 12.5 Å². The molecule has 0 aliphatic heterocycles. The highest BCUT2D eigenvalue weighted by Gasteiger charge is 2.57. The highest BCUT2D eigenvalue weighted by molar-refractivity contribution is 9.10. The van der Waals surface area contributed by atoms with E-state index in [0.717, 1.165) is 22.5 Å². The molecule has 0 saturated heterocycles. The third kappa shape index (κ3) is 3.78. The SMILES string of the molecule is COC(=O)[C@@H](NC(=O)OC(C)(C)C)C1(c2nc(Br)cs2)CC1. The molecule has 1 fully saturated rings. The fraction of sp³-hybridized carbons (Fsp3) is 0.643. The molecule has 1 aliphatic carbocycles. The molecule has 0 unspecified atom stereocenters. The molecule has 8 heteroatoms. The Morgan fingerprint density at radius 2 is 2.09 bits per heavy atom. The Kier molecular flexibility index (Phi) is 4.81. The lowest BCUT2D eigenvalue weighted by atomic mass is 9.97. The van der Waals surface area contributed by atoms with Crippen LogP contribution in [-0.2, 0) is 19.7 Å². The lowest BCUT2D eigenvalue weighted by Crippen LogP contribution is -2.50. The van der Waals surface area contributed by atoms with Crippen molar-refractivity contribution in [1.29, 1.82) is 0 Å². The summed E-state index contributed by atoms with van der Waals surface area (Å²) in [5, 5.41) is 5.32. The van der Waals surface area contributed by atoms with E-state index in [1.54, 1.807) is 20.8 Å². The molecule has 22 heavy (non-hydrogen) atoms. The summed E-state index contributed by atoms with van der Waals surface area (Å²) in [6.45, 7) is 5.31.